The van der Waals surface area contributed by atoms with Gasteiger partial charge in [-0.1, -0.05) is 30.3 Å². The van der Waals surface area contributed by atoms with E-state index in [0.717, 1.165) is 12.1 Å². The summed E-state index contributed by atoms with van der Waals surface area (Å²) in [6.45, 7) is 10.1. The molecule has 0 fully saturated rings. The first-order valence-corrected chi connectivity index (χ1v) is 7.58. The van der Waals surface area contributed by atoms with Gasteiger partial charge in [-0.3, -0.25) is 9.69 Å². The van der Waals surface area contributed by atoms with Gasteiger partial charge in [-0.2, -0.15) is 0 Å². The summed E-state index contributed by atoms with van der Waals surface area (Å²) in [6.07, 6.45) is -0.544. The molecule has 0 radical (unpaired) electrons. The number of amides is 1. The van der Waals surface area contributed by atoms with Crippen LogP contribution in [0.2, 0.25) is 0 Å². The standard InChI is InChI=1S/C17H28N2O2/c1-13(2)19(14(3)4)12-11-18-17(20)16(21-5)15-9-7-6-8-10-15/h6-10,13-14,16H,11-12H2,1-5H3,(H,18,20). The smallest absolute Gasteiger partial charge is 0.253 e. The van der Waals surface area contributed by atoms with Crippen molar-refractivity contribution in [3.63, 3.8) is 0 Å². The number of carbonyl (C=O) groups excluding carboxylic acids is 1. The third kappa shape index (κ3) is 5.48. The summed E-state index contributed by atoms with van der Waals surface area (Å²) >= 11 is 0. The molecule has 0 saturated carbocycles. The summed E-state index contributed by atoms with van der Waals surface area (Å²) in [6, 6.07) is 10.5. The number of carbonyl (C=O) groups is 1. The number of hydrogen-bond donors (Lipinski definition) is 1. The van der Waals surface area contributed by atoms with Crippen molar-refractivity contribution >= 4 is 5.91 Å². The van der Waals surface area contributed by atoms with Gasteiger partial charge in [0, 0.05) is 32.3 Å². The Hall–Kier alpha value is -1.39. The highest BCUT2D eigenvalue weighted by atomic mass is 16.5. The van der Waals surface area contributed by atoms with Crippen LogP contribution in [0.1, 0.15) is 39.4 Å². The van der Waals surface area contributed by atoms with Gasteiger partial charge in [0.1, 0.15) is 0 Å². The molecule has 1 aromatic carbocycles. The maximum atomic E-state index is 12.2. The third-order valence-corrected chi connectivity index (χ3v) is 3.57. The van der Waals surface area contributed by atoms with E-state index in [0.29, 0.717) is 18.6 Å². The molecule has 4 heteroatoms. The predicted octanol–water partition coefficient (Wildman–Crippen LogP) is 2.61. The lowest BCUT2D eigenvalue weighted by atomic mass is 10.1. The Kier molecular flexibility index (Phi) is 7.40. The normalized spacial score (nSPS) is 13.0. The molecule has 0 aliphatic carbocycles. The number of hydrogen-bond acceptors (Lipinski definition) is 3. The monoisotopic (exact) mass is 292 g/mol. The Morgan fingerprint density at radius 1 is 1.14 bits per heavy atom. The fraction of sp³-hybridized carbons (Fsp3) is 0.588. The van der Waals surface area contributed by atoms with E-state index >= 15 is 0 Å². The van der Waals surface area contributed by atoms with Crippen molar-refractivity contribution in [2.45, 2.75) is 45.9 Å². The number of nitrogens with zero attached hydrogens (tertiary/aromatic N) is 1. The minimum atomic E-state index is -0.544. The van der Waals surface area contributed by atoms with Gasteiger partial charge in [0.2, 0.25) is 0 Å². The van der Waals surface area contributed by atoms with Crippen LogP contribution >= 0.6 is 0 Å². The number of benzene rings is 1. The Morgan fingerprint density at radius 2 is 1.71 bits per heavy atom. The van der Waals surface area contributed by atoms with E-state index in [-0.39, 0.29) is 5.91 Å². The molecule has 1 atom stereocenters. The van der Waals surface area contributed by atoms with Gasteiger partial charge in [-0.05, 0) is 33.3 Å². The van der Waals surface area contributed by atoms with Crippen molar-refractivity contribution in [2.75, 3.05) is 20.2 Å². The molecule has 1 amide bonds. The zero-order valence-corrected chi connectivity index (χ0v) is 13.8. The van der Waals surface area contributed by atoms with Gasteiger partial charge < -0.3 is 10.1 Å². The van der Waals surface area contributed by atoms with Crippen LogP contribution in [-0.2, 0) is 9.53 Å². The Balaban J connectivity index is 2.52. The second-order valence-corrected chi connectivity index (χ2v) is 5.74. The molecular weight excluding hydrogens is 264 g/mol. The zero-order chi connectivity index (χ0) is 15.8. The van der Waals surface area contributed by atoms with Crippen molar-refractivity contribution in [1.29, 1.82) is 0 Å². The van der Waals surface area contributed by atoms with E-state index in [1.807, 2.05) is 30.3 Å². The summed E-state index contributed by atoms with van der Waals surface area (Å²) in [5.41, 5.74) is 0.877. The summed E-state index contributed by atoms with van der Waals surface area (Å²) in [5.74, 6) is -0.0869. The van der Waals surface area contributed by atoms with Crippen molar-refractivity contribution < 1.29 is 9.53 Å². The van der Waals surface area contributed by atoms with Gasteiger partial charge in [-0.25, -0.2) is 0 Å². The van der Waals surface area contributed by atoms with Crippen molar-refractivity contribution in [2.24, 2.45) is 0 Å². The van der Waals surface area contributed by atoms with Crippen LogP contribution in [0.5, 0.6) is 0 Å². The van der Waals surface area contributed by atoms with E-state index in [9.17, 15) is 4.79 Å². The molecule has 0 heterocycles. The molecule has 21 heavy (non-hydrogen) atoms. The van der Waals surface area contributed by atoms with E-state index in [4.69, 9.17) is 4.74 Å². The Labute approximate surface area is 128 Å². The van der Waals surface area contributed by atoms with Crippen molar-refractivity contribution in [3.05, 3.63) is 35.9 Å². The molecule has 1 N–H and O–H groups in total. The topological polar surface area (TPSA) is 41.6 Å². The number of rotatable bonds is 8. The molecule has 1 unspecified atom stereocenters. The van der Waals surface area contributed by atoms with Gasteiger partial charge in [0.05, 0.1) is 0 Å². The van der Waals surface area contributed by atoms with E-state index < -0.39 is 6.10 Å². The van der Waals surface area contributed by atoms with Crippen molar-refractivity contribution in [1.82, 2.24) is 10.2 Å². The van der Waals surface area contributed by atoms with Gasteiger partial charge in [-0.15, -0.1) is 0 Å². The predicted molar refractivity (Wildman–Crippen MR) is 86.2 cm³/mol. The third-order valence-electron chi connectivity index (χ3n) is 3.57. The minimum absolute atomic E-state index is 0.0869. The second kappa shape index (κ2) is 8.80. The van der Waals surface area contributed by atoms with Crippen LogP contribution in [0, 0.1) is 0 Å². The Bertz CT molecular complexity index is 410. The summed E-state index contributed by atoms with van der Waals surface area (Å²) < 4.78 is 5.32. The van der Waals surface area contributed by atoms with E-state index in [1.54, 1.807) is 7.11 Å². The molecule has 0 aliphatic heterocycles. The first-order valence-electron chi connectivity index (χ1n) is 7.58. The molecule has 0 bridgehead atoms. The highest BCUT2D eigenvalue weighted by molar-refractivity contribution is 5.82. The van der Waals surface area contributed by atoms with Crippen LogP contribution in [0.25, 0.3) is 0 Å². The van der Waals surface area contributed by atoms with E-state index in [2.05, 4.69) is 37.9 Å². The zero-order valence-electron chi connectivity index (χ0n) is 13.8. The number of nitrogens with one attached hydrogen (secondary N) is 1. The van der Waals surface area contributed by atoms with Gasteiger partial charge >= 0.3 is 0 Å². The molecule has 118 valence electrons. The largest absolute Gasteiger partial charge is 0.367 e. The lowest BCUT2D eigenvalue weighted by Crippen LogP contribution is -2.43. The molecule has 1 aromatic rings. The molecule has 0 saturated heterocycles. The fourth-order valence-corrected chi connectivity index (χ4v) is 2.54. The minimum Gasteiger partial charge on any atom is -0.367 e. The lowest BCUT2D eigenvalue weighted by Gasteiger charge is -2.30. The number of ether oxygens (including phenoxy) is 1. The average molecular weight is 292 g/mol. The van der Waals surface area contributed by atoms with Gasteiger partial charge in [0.15, 0.2) is 6.10 Å². The lowest BCUT2D eigenvalue weighted by molar-refractivity contribution is -0.131. The summed E-state index contributed by atoms with van der Waals surface area (Å²) in [4.78, 5) is 14.6. The SMILES string of the molecule is COC(C(=O)NCCN(C(C)C)C(C)C)c1ccccc1. The molecule has 4 nitrogen and oxygen atoms in total. The van der Waals surface area contributed by atoms with E-state index in [1.165, 1.54) is 0 Å². The molecule has 0 aromatic heterocycles. The van der Waals surface area contributed by atoms with Crippen molar-refractivity contribution in [3.8, 4) is 0 Å². The van der Waals surface area contributed by atoms with Crippen LogP contribution < -0.4 is 5.32 Å². The average Bonchev–Trinajstić information content (AvgIpc) is 2.44. The highest BCUT2D eigenvalue weighted by Crippen LogP contribution is 2.16. The molecule has 0 spiro atoms. The van der Waals surface area contributed by atoms with Gasteiger partial charge in [0.25, 0.3) is 5.91 Å². The highest BCUT2D eigenvalue weighted by Gasteiger charge is 2.20. The maximum absolute atomic E-state index is 12.2. The first kappa shape index (κ1) is 17.7. The maximum Gasteiger partial charge on any atom is 0.253 e. The van der Waals surface area contributed by atoms with Crippen LogP contribution in [0.15, 0.2) is 30.3 Å². The quantitative estimate of drug-likeness (QED) is 0.801. The van der Waals surface area contributed by atoms with Crippen LogP contribution in [0.4, 0.5) is 0 Å². The Morgan fingerprint density at radius 3 is 2.19 bits per heavy atom. The molecule has 0 aliphatic rings. The molecule has 1 rings (SSSR count). The fourth-order valence-electron chi connectivity index (χ4n) is 2.54. The molecular formula is C17H28N2O2. The van der Waals surface area contributed by atoms with Crippen LogP contribution in [0.3, 0.4) is 0 Å². The summed E-state index contributed by atoms with van der Waals surface area (Å²) in [7, 11) is 1.56. The van der Waals surface area contributed by atoms with Crippen LogP contribution in [-0.4, -0.2) is 43.1 Å². The second-order valence-electron chi connectivity index (χ2n) is 5.74. The number of methoxy groups -OCH3 is 1. The first-order chi connectivity index (χ1) is 9.97. The summed E-state index contributed by atoms with van der Waals surface area (Å²) in [5, 5.41) is 2.97.